The van der Waals surface area contributed by atoms with Crippen molar-refractivity contribution in [3.8, 4) is 0 Å². The van der Waals surface area contributed by atoms with Gasteiger partial charge in [-0.3, -0.25) is 0 Å². The summed E-state index contributed by atoms with van der Waals surface area (Å²) in [5.41, 5.74) is 0.919. The molecule has 0 aliphatic carbocycles. The molecule has 4 aromatic carbocycles. The number of hydrogen-bond acceptors (Lipinski definition) is 1. The summed E-state index contributed by atoms with van der Waals surface area (Å²) in [4.78, 5) is 0. The third-order valence-electron chi connectivity index (χ3n) is 6.50. The molecule has 0 aliphatic rings. The minimum absolute atomic E-state index is 0.0411. The zero-order chi connectivity index (χ0) is 22.5. The predicted molar refractivity (Wildman–Crippen MR) is 144 cm³/mol. The van der Waals surface area contributed by atoms with Gasteiger partial charge in [0.05, 0.1) is 0 Å². The monoisotopic (exact) mass is 504 g/mol. The quantitative estimate of drug-likeness (QED) is 0.264. The van der Waals surface area contributed by atoms with Gasteiger partial charge in [-0.25, -0.2) is 0 Å². The second kappa shape index (κ2) is 9.71. The molecule has 1 N–H and O–H groups in total. The van der Waals surface area contributed by atoms with E-state index in [1.807, 2.05) is 30.3 Å². The summed E-state index contributed by atoms with van der Waals surface area (Å²) in [6.45, 7) is 2.21. The molecule has 0 fully saturated rings. The minimum atomic E-state index is -3.28. The first-order chi connectivity index (χ1) is 15.6. The van der Waals surface area contributed by atoms with Crippen LogP contribution in [0.5, 0.6) is 0 Å². The van der Waals surface area contributed by atoms with E-state index in [2.05, 4.69) is 113 Å². The Kier molecular flexibility index (Phi) is 6.96. The third-order valence-corrected chi connectivity index (χ3v) is 17.5. The Morgan fingerprint density at radius 2 is 0.969 bits per heavy atom. The van der Waals surface area contributed by atoms with Crippen LogP contribution in [0.2, 0.25) is 0 Å². The Bertz CT molecular complexity index is 1020. The van der Waals surface area contributed by atoms with Gasteiger partial charge in [-0.05, 0) is 0 Å². The summed E-state index contributed by atoms with van der Waals surface area (Å²) in [6, 6.07) is 42.4. The van der Waals surface area contributed by atoms with Crippen molar-refractivity contribution in [2.75, 3.05) is 0 Å². The van der Waals surface area contributed by atoms with Crippen LogP contribution in [0.1, 0.15) is 31.4 Å². The first-order valence-electron chi connectivity index (χ1n) is 11.2. The molecular weight excluding hydrogens is 475 g/mol. The van der Waals surface area contributed by atoms with Crippen molar-refractivity contribution in [2.24, 2.45) is 0 Å². The fourth-order valence-corrected chi connectivity index (χ4v) is 14.2. The van der Waals surface area contributed by atoms with Crippen LogP contribution < -0.4 is 15.9 Å². The molecule has 2 unspecified atom stereocenters. The van der Waals surface area contributed by atoms with Gasteiger partial charge in [0.25, 0.3) is 0 Å². The number of benzene rings is 4. The van der Waals surface area contributed by atoms with E-state index in [1.165, 1.54) is 15.9 Å². The van der Waals surface area contributed by atoms with Gasteiger partial charge in [0.15, 0.2) is 0 Å². The van der Waals surface area contributed by atoms with E-state index in [1.54, 1.807) is 0 Å². The maximum atomic E-state index is 12.0. The molecule has 4 aromatic rings. The predicted octanol–water partition coefficient (Wildman–Crippen LogP) is 6.73. The summed E-state index contributed by atoms with van der Waals surface area (Å²) >= 11 is 4.55. The van der Waals surface area contributed by atoms with E-state index in [0.717, 1.165) is 18.4 Å². The average molecular weight is 505 g/mol. The summed E-state index contributed by atoms with van der Waals surface area (Å²) in [5.74, 6) is 0. The molecule has 0 amide bonds. The molecule has 3 heteroatoms. The number of halogens is 1. The molecule has 1 nitrogen and oxygen atoms in total. The van der Waals surface area contributed by atoms with Gasteiger partial charge in [-0.1, -0.05) is 0 Å². The van der Waals surface area contributed by atoms with Gasteiger partial charge in [0, 0.05) is 0 Å². The van der Waals surface area contributed by atoms with Crippen LogP contribution in [-0.2, 0) is 0 Å². The third kappa shape index (κ3) is 3.75. The normalized spacial score (nSPS) is 14.8. The first-order valence-corrected chi connectivity index (χ1v) is 15.6. The molecule has 0 saturated carbocycles. The molecule has 4 rings (SSSR count). The number of hydrogen-bond donors (Lipinski definition) is 1. The van der Waals surface area contributed by atoms with Crippen molar-refractivity contribution in [1.29, 1.82) is 0 Å². The van der Waals surface area contributed by atoms with E-state index < -0.39 is 11.4 Å². The molecule has 0 radical (unpaired) electrons. The summed E-state index contributed by atoms with van der Waals surface area (Å²) < 4.78 is 0. The van der Waals surface area contributed by atoms with E-state index in [0.29, 0.717) is 0 Å². The Morgan fingerprint density at radius 1 is 0.625 bits per heavy atom. The molecule has 0 aliphatic heterocycles. The van der Waals surface area contributed by atoms with Crippen molar-refractivity contribution in [1.82, 2.24) is 0 Å². The molecule has 164 valence electrons. The second-order valence-corrected chi connectivity index (χ2v) is 17.1. The second-order valence-electron chi connectivity index (χ2n) is 8.29. The molecule has 0 saturated heterocycles. The summed E-state index contributed by atoms with van der Waals surface area (Å²) in [7, 11) is 0. The van der Waals surface area contributed by atoms with Crippen LogP contribution in [0.4, 0.5) is 0 Å². The fourth-order valence-electron chi connectivity index (χ4n) is 5.01. The Hall–Kier alpha value is -2.25. The van der Waals surface area contributed by atoms with Gasteiger partial charge in [-0.2, -0.15) is 0 Å². The fraction of sp³-hybridized carbons (Fsp3) is 0.172. The van der Waals surface area contributed by atoms with Gasteiger partial charge in [-0.15, -0.1) is 0 Å². The van der Waals surface area contributed by atoms with Gasteiger partial charge in [0.1, 0.15) is 0 Å². The van der Waals surface area contributed by atoms with Crippen molar-refractivity contribution >= 4 is 36.7 Å². The van der Waals surface area contributed by atoms with Crippen molar-refractivity contribution in [3.63, 3.8) is 0 Å². The molecule has 0 heterocycles. The van der Waals surface area contributed by atoms with E-state index in [4.69, 9.17) is 0 Å². The van der Waals surface area contributed by atoms with Gasteiger partial charge >= 0.3 is 200 Å². The molecular formula is C29H30BrOP. The molecule has 32 heavy (non-hydrogen) atoms. The van der Waals surface area contributed by atoms with E-state index in [-0.39, 0.29) is 5.66 Å². The SMILES string of the molecule is CCCC(C(O)c1ccccc1)P(Br)(c1ccccc1)(c1ccccc1)c1ccccc1. The number of rotatable bonds is 8. The standard InChI is InChI=1S/C29H30BrOP/c1-2-15-28(29(31)24-16-7-3-8-17-24)32(30,25-18-9-4-10-19-25,26-20-11-5-12-21-26)27-22-13-6-14-23-27/h3-14,16-23,28-29,31H,2,15H2,1H3. The molecule has 0 aromatic heterocycles. The Labute approximate surface area is 199 Å². The van der Waals surface area contributed by atoms with Gasteiger partial charge in [0.2, 0.25) is 0 Å². The molecule has 0 spiro atoms. The van der Waals surface area contributed by atoms with Crippen molar-refractivity contribution < 1.29 is 5.11 Å². The summed E-state index contributed by atoms with van der Waals surface area (Å²) in [6.07, 6.45) is 1.25. The first kappa shape index (κ1) is 22.9. The van der Waals surface area contributed by atoms with Crippen molar-refractivity contribution in [2.45, 2.75) is 31.5 Å². The maximum absolute atomic E-state index is 12.0. The van der Waals surface area contributed by atoms with Crippen LogP contribution in [0.15, 0.2) is 121 Å². The molecule has 0 bridgehead atoms. The van der Waals surface area contributed by atoms with E-state index >= 15 is 0 Å². The zero-order valence-corrected chi connectivity index (χ0v) is 20.9. The number of aliphatic hydroxyl groups is 1. The van der Waals surface area contributed by atoms with Crippen molar-refractivity contribution in [3.05, 3.63) is 127 Å². The van der Waals surface area contributed by atoms with Crippen LogP contribution in [0.3, 0.4) is 0 Å². The van der Waals surface area contributed by atoms with Gasteiger partial charge < -0.3 is 0 Å². The molecule has 2 atom stereocenters. The summed E-state index contributed by atoms with van der Waals surface area (Å²) in [5, 5.41) is 12.4. The average Bonchev–Trinajstić information content (AvgIpc) is 2.88. The zero-order valence-electron chi connectivity index (χ0n) is 18.4. The van der Waals surface area contributed by atoms with Crippen LogP contribution >= 0.6 is 20.8 Å². The Morgan fingerprint density at radius 3 is 1.31 bits per heavy atom. The van der Waals surface area contributed by atoms with Crippen LogP contribution in [0, 0.1) is 0 Å². The number of aliphatic hydroxyl groups excluding tert-OH is 1. The van der Waals surface area contributed by atoms with E-state index in [9.17, 15) is 5.11 Å². The van der Waals surface area contributed by atoms with Crippen LogP contribution in [-0.4, -0.2) is 10.8 Å². The Balaban J connectivity index is 2.13. The topological polar surface area (TPSA) is 20.2 Å². The van der Waals surface area contributed by atoms with Crippen LogP contribution in [0.25, 0.3) is 0 Å².